The Kier molecular flexibility index (Phi) is 2.79. The first-order valence-corrected chi connectivity index (χ1v) is 6.49. The summed E-state index contributed by atoms with van der Waals surface area (Å²) in [6, 6.07) is 4.09. The Bertz CT molecular complexity index is 581. The zero-order valence-corrected chi connectivity index (χ0v) is 10.8. The number of rotatable bonds is 1. The zero-order chi connectivity index (χ0) is 14.3. The fraction of sp³-hybridized carbons (Fsp3) is 0.385. The highest BCUT2D eigenvalue weighted by atomic mass is 16.3. The highest BCUT2D eigenvalue weighted by molar-refractivity contribution is 6.17. The lowest BCUT2D eigenvalue weighted by atomic mass is 9.86. The first-order valence-electron chi connectivity index (χ1n) is 6.49. The number of imide groups is 1. The summed E-state index contributed by atoms with van der Waals surface area (Å²) in [6.45, 7) is 1.34. The molecule has 3 amide bonds. The van der Waals surface area contributed by atoms with Crippen molar-refractivity contribution < 1.29 is 14.7 Å². The van der Waals surface area contributed by atoms with Crippen LogP contribution in [0.3, 0.4) is 0 Å². The van der Waals surface area contributed by atoms with Crippen LogP contribution in [0.15, 0.2) is 18.2 Å². The van der Waals surface area contributed by atoms with Crippen LogP contribution in [0.25, 0.3) is 0 Å². The van der Waals surface area contributed by atoms with Crippen molar-refractivity contribution in [3.63, 3.8) is 0 Å². The molecule has 2 fully saturated rings. The van der Waals surface area contributed by atoms with Gasteiger partial charge in [0.25, 0.3) is 5.91 Å². The molecule has 7 nitrogen and oxygen atoms in total. The fourth-order valence-corrected chi connectivity index (χ4v) is 2.90. The predicted octanol–water partition coefficient (Wildman–Crippen LogP) is 0.153. The molecule has 1 spiro atoms. The van der Waals surface area contributed by atoms with Gasteiger partial charge in [-0.1, -0.05) is 0 Å². The van der Waals surface area contributed by atoms with Crippen LogP contribution in [0.5, 0.6) is 5.75 Å². The predicted molar refractivity (Wildman–Crippen MR) is 73.4 cm³/mol. The molecule has 1 aromatic carbocycles. The molecule has 0 atom stereocenters. The van der Waals surface area contributed by atoms with Crippen molar-refractivity contribution in [2.45, 2.75) is 18.4 Å². The molecule has 0 aliphatic carbocycles. The third-order valence-electron chi connectivity index (χ3n) is 3.97. The smallest absolute Gasteiger partial charge is 0.329 e. The van der Waals surface area contributed by atoms with Gasteiger partial charge >= 0.3 is 6.03 Å². The van der Waals surface area contributed by atoms with Crippen LogP contribution < -0.4 is 21.3 Å². The van der Waals surface area contributed by atoms with E-state index in [-0.39, 0.29) is 17.3 Å². The number of phenolic OH excluding ortho intramolecular Hbond substituents is 1. The lowest BCUT2D eigenvalue weighted by Crippen LogP contribution is -2.56. The summed E-state index contributed by atoms with van der Waals surface area (Å²) in [7, 11) is 0. The number of carbonyl (C=O) groups excluding carboxylic acids is 2. The van der Waals surface area contributed by atoms with Crippen LogP contribution in [0.2, 0.25) is 0 Å². The summed E-state index contributed by atoms with van der Waals surface area (Å²) in [5.74, 6) is -0.310. The molecule has 3 rings (SSSR count). The second-order valence-electron chi connectivity index (χ2n) is 5.12. The molecule has 0 unspecified atom stereocenters. The minimum atomic E-state index is -0.855. The number of hydrogen-bond donors (Lipinski definition) is 4. The molecule has 20 heavy (non-hydrogen) atoms. The van der Waals surface area contributed by atoms with E-state index in [1.54, 1.807) is 6.07 Å². The Balaban J connectivity index is 2.06. The Morgan fingerprint density at radius 2 is 1.95 bits per heavy atom. The second-order valence-corrected chi connectivity index (χ2v) is 5.12. The van der Waals surface area contributed by atoms with Crippen molar-refractivity contribution in [1.29, 1.82) is 0 Å². The van der Waals surface area contributed by atoms with Crippen molar-refractivity contribution in [3.8, 4) is 5.75 Å². The van der Waals surface area contributed by atoms with Gasteiger partial charge in [-0.15, -0.1) is 0 Å². The number of benzene rings is 1. The molecule has 2 aliphatic heterocycles. The molecular weight excluding hydrogens is 260 g/mol. The number of anilines is 2. The highest BCUT2D eigenvalue weighted by Gasteiger charge is 2.53. The van der Waals surface area contributed by atoms with Crippen LogP contribution in [0.4, 0.5) is 16.2 Å². The van der Waals surface area contributed by atoms with Gasteiger partial charge in [0.1, 0.15) is 11.3 Å². The van der Waals surface area contributed by atoms with Gasteiger partial charge < -0.3 is 16.2 Å². The molecule has 0 bridgehead atoms. The third kappa shape index (κ3) is 1.70. The minimum Gasteiger partial charge on any atom is -0.506 e. The minimum absolute atomic E-state index is 0.0426. The normalized spacial score (nSPS) is 21.3. The molecule has 0 aromatic heterocycles. The van der Waals surface area contributed by atoms with E-state index < -0.39 is 11.6 Å². The zero-order valence-electron chi connectivity index (χ0n) is 10.8. The van der Waals surface area contributed by atoms with Gasteiger partial charge in [-0.2, -0.15) is 0 Å². The first-order chi connectivity index (χ1) is 9.54. The van der Waals surface area contributed by atoms with Crippen LogP contribution in [-0.2, 0) is 4.79 Å². The summed E-state index contributed by atoms with van der Waals surface area (Å²) < 4.78 is 0. The van der Waals surface area contributed by atoms with Crippen LogP contribution in [0, 0.1) is 0 Å². The number of phenols is 1. The molecule has 1 aromatic rings. The topological polar surface area (TPSA) is 108 Å². The van der Waals surface area contributed by atoms with E-state index in [1.807, 2.05) is 0 Å². The monoisotopic (exact) mass is 276 g/mol. The summed E-state index contributed by atoms with van der Waals surface area (Å²) >= 11 is 0. The lowest BCUT2D eigenvalue weighted by molar-refractivity contribution is -0.124. The van der Waals surface area contributed by atoms with Crippen molar-refractivity contribution >= 4 is 23.3 Å². The van der Waals surface area contributed by atoms with Gasteiger partial charge in [0, 0.05) is 5.69 Å². The Labute approximate surface area is 115 Å². The molecule has 0 radical (unpaired) electrons. The number of nitrogens with one attached hydrogen (secondary N) is 2. The van der Waals surface area contributed by atoms with Crippen LogP contribution >= 0.6 is 0 Å². The molecule has 7 heteroatoms. The summed E-state index contributed by atoms with van der Waals surface area (Å²) in [5.41, 5.74) is 5.52. The second kappa shape index (κ2) is 4.38. The maximum absolute atomic E-state index is 12.2. The highest BCUT2D eigenvalue weighted by Crippen LogP contribution is 2.37. The van der Waals surface area contributed by atoms with Gasteiger partial charge in [0.15, 0.2) is 0 Å². The Morgan fingerprint density at radius 1 is 1.25 bits per heavy atom. The van der Waals surface area contributed by atoms with Crippen molar-refractivity contribution in [1.82, 2.24) is 10.6 Å². The average molecular weight is 276 g/mol. The number of nitrogens with two attached hydrogens (primary N) is 1. The van der Waals surface area contributed by atoms with E-state index in [1.165, 1.54) is 17.0 Å². The largest absolute Gasteiger partial charge is 0.506 e. The van der Waals surface area contributed by atoms with E-state index in [2.05, 4.69) is 10.6 Å². The number of amides is 3. The van der Waals surface area contributed by atoms with E-state index in [0.29, 0.717) is 31.6 Å². The quantitative estimate of drug-likeness (QED) is 0.332. The third-order valence-corrected chi connectivity index (χ3v) is 3.97. The molecule has 2 aliphatic rings. The van der Waals surface area contributed by atoms with Gasteiger partial charge in [-0.25, -0.2) is 4.79 Å². The van der Waals surface area contributed by atoms with E-state index in [4.69, 9.17) is 5.73 Å². The molecule has 2 saturated heterocycles. The number of nitrogen functional groups attached to an aromatic ring is 1. The van der Waals surface area contributed by atoms with E-state index in [0.717, 1.165) is 0 Å². The molecule has 5 N–H and O–H groups in total. The average Bonchev–Trinajstić information content (AvgIpc) is 2.65. The summed E-state index contributed by atoms with van der Waals surface area (Å²) in [6.07, 6.45) is 1.09. The van der Waals surface area contributed by atoms with Gasteiger partial charge in [-0.05, 0) is 44.1 Å². The van der Waals surface area contributed by atoms with Gasteiger partial charge in [-0.3, -0.25) is 15.0 Å². The summed E-state index contributed by atoms with van der Waals surface area (Å²) in [5, 5.41) is 15.0. The van der Waals surface area contributed by atoms with Crippen LogP contribution in [0.1, 0.15) is 12.8 Å². The van der Waals surface area contributed by atoms with Crippen molar-refractivity contribution in [2.75, 3.05) is 23.7 Å². The SMILES string of the molecule is Nc1cc(N2C(=O)NC(=O)C23CCNCC3)ccc1O. The number of piperidine rings is 1. The Hall–Kier alpha value is -2.28. The molecule has 2 heterocycles. The van der Waals surface area contributed by atoms with E-state index >= 15 is 0 Å². The molecule has 0 saturated carbocycles. The fourth-order valence-electron chi connectivity index (χ4n) is 2.90. The molecular formula is C13H16N4O3. The number of carbonyl (C=O) groups is 2. The molecule has 106 valence electrons. The first kappa shape index (κ1) is 12.7. The Morgan fingerprint density at radius 3 is 2.60 bits per heavy atom. The van der Waals surface area contributed by atoms with Crippen molar-refractivity contribution in [2.24, 2.45) is 0 Å². The lowest BCUT2D eigenvalue weighted by Gasteiger charge is -2.38. The number of urea groups is 1. The van der Waals surface area contributed by atoms with Crippen LogP contribution in [-0.4, -0.2) is 35.7 Å². The van der Waals surface area contributed by atoms with E-state index in [9.17, 15) is 14.7 Å². The number of aromatic hydroxyl groups is 1. The maximum Gasteiger partial charge on any atom is 0.329 e. The summed E-state index contributed by atoms with van der Waals surface area (Å²) in [4.78, 5) is 25.8. The van der Waals surface area contributed by atoms with Gasteiger partial charge in [0.05, 0.1) is 5.69 Å². The van der Waals surface area contributed by atoms with Gasteiger partial charge in [0.2, 0.25) is 0 Å². The van der Waals surface area contributed by atoms with Crippen molar-refractivity contribution in [3.05, 3.63) is 18.2 Å². The number of nitrogens with zero attached hydrogens (tertiary/aromatic N) is 1. The maximum atomic E-state index is 12.2. The number of hydrogen-bond acceptors (Lipinski definition) is 5. The standard InChI is InChI=1S/C13H16N4O3/c14-9-7-8(1-2-10(9)18)17-12(20)16-11(19)13(17)3-5-15-6-4-13/h1-2,7,15,18H,3-6,14H2,(H,16,19,20).